The Kier molecular flexibility index (Phi) is 1.49. The molecule has 0 amide bonds. The quantitative estimate of drug-likeness (QED) is 0.656. The van der Waals surface area contributed by atoms with E-state index >= 15 is 0 Å². The van der Waals surface area contributed by atoms with Gasteiger partial charge in [-0.05, 0) is 20.3 Å². The summed E-state index contributed by atoms with van der Waals surface area (Å²) in [5, 5.41) is 3.96. The number of nitrogens with zero attached hydrogens (tertiary/aromatic N) is 2. The molecule has 0 N–H and O–H groups in total. The second-order valence-electron chi connectivity index (χ2n) is 3.54. The molecule has 0 radical (unpaired) electrons. The van der Waals surface area contributed by atoms with Gasteiger partial charge in [-0.3, -0.25) is 4.79 Å². The van der Waals surface area contributed by atoms with Crippen molar-refractivity contribution in [3.05, 3.63) is 11.8 Å². The number of aromatic nitrogens is 2. The zero-order chi connectivity index (χ0) is 9.64. The summed E-state index contributed by atoms with van der Waals surface area (Å²) < 4.78 is 6.92. The van der Waals surface area contributed by atoms with Crippen molar-refractivity contribution in [3.8, 4) is 5.88 Å². The highest BCUT2D eigenvalue weighted by Crippen LogP contribution is 2.32. The van der Waals surface area contributed by atoms with E-state index in [0.29, 0.717) is 12.3 Å². The number of aryl methyl sites for hydroxylation is 1. The van der Waals surface area contributed by atoms with Crippen LogP contribution in [0, 0.1) is 6.92 Å². The Morgan fingerprint density at radius 1 is 1.69 bits per heavy atom. The van der Waals surface area contributed by atoms with Crippen LogP contribution in [-0.4, -0.2) is 21.3 Å². The van der Waals surface area contributed by atoms with Gasteiger partial charge in [0, 0.05) is 5.56 Å². The Labute approximate surface area is 76.5 Å². The lowest BCUT2D eigenvalue weighted by Crippen LogP contribution is -2.37. The molecule has 0 saturated carbocycles. The molecule has 1 unspecified atom stereocenters. The summed E-state index contributed by atoms with van der Waals surface area (Å²) in [6, 6.07) is 0. The molecule has 13 heavy (non-hydrogen) atoms. The molecule has 1 aliphatic rings. The van der Waals surface area contributed by atoms with Crippen molar-refractivity contribution in [2.75, 3.05) is 0 Å². The van der Waals surface area contributed by atoms with Gasteiger partial charge in [0.2, 0.25) is 5.88 Å². The molecule has 0 bridgehead atoms. The van der Waals surface area contributed by atoms with E-state index in [0.717, 1.165) is 5.56 Å². The third kappa shape index (κ3) is 0.913. The van der Waals surface area contributed by atoms with Crippen LogP contribution in [0.4, 0.5) is 0 Å². The van der Waals surface area contributed by atoms with Gasteiger partial charge in [-0.15, -0.1) is 0 Å². The summed E-state index contributed by atoms with van der Waals surface area (Å²) in [7, 11) is 0. The van der Waals surface area contributed by atoms with Crippen LogP contribution in [0.5, 0.6) is 5.88 Å². The molecule has 1 atom stereocenters. The van der Waals surface area contributed by atoms with E-state index in [4.69, 9.17) is 4.74 Å². The Hall–Kier alpha value is -1.32. The maximum absolute atomic E-state index is 11.7. The van der Waals surface area contributed by atoms with Gasteiger partial charge in [0.05, 0.1) is 6.20 Å². The first-order valence-electron chi connectivity index (χ1n) is 4.37. The summed E-state index contributed by atoms with van der Waals surface area (Å²) >= 11 is 0. The average molecular weight is 180 g/mol. The van der Waals surface area contributed by atoms with Gasteiger partial charge >= 0.3 is 0 Å². The van der Waals surface area contributed by atoms with E-state index in [1.807, 2.05) is 13.8 Å². The van der Waals surface area contributed by atoms with Gasteiger partial charge in [0.1, 0.15) is 0 Å². The van der Waals surface area contributed by atoms with E-state index in [1.54, 1.807) is 13.1 Å². The standard InChI is InChI=1S/C9H12N2O2/c1-4-9(3)8(12)11-7(13-9)6(2)5-10-11/h5H,4H2,1-3H3. The molecule has 4 nitrogen and oxygen atoms in total. The first kappa shape index (κ1) is 8.29. The Morgan fingerprint density at radius 3 is 2.92 bits per heavy atom. The van der Waals surface area contributed by atoms with Crippen LogP contribution in [0.1, 0.15) is 30.6 Å². The fourth-order valence-electron chi connectivity index (χ4n) is 1.39. The van der Waals surface area contributed by atoms with E-state index in [1.165, 1.54) is 4.68 Å². The topological polar surface area (TPSA) is 44.1 Å². The monoisotopic (exact) mass is 180 g/mol. The molecule has 0 fully saturated rings. The second kappa shape index (κ2) is 2.34. The Bertz CT molecular complexity index is 370. The number of hydrogen-bond donors (Lipinski definition) is 0. The highest BCUT2D eigenvalue weighted by Gasteiger charge is 2.44. The normalized spacial score (nSPS) is 25.9. The minimum Gasteiger partial charge on any atom is -0.461 e. The van der Waals surface area contributed by atoms with Gasteiger partial charge in [-0.2, -0.15) is 9.78 Å². The molecule has 1 aromatic heterocycles. The van der Waals surface area contributed by atoms with Crippen molar-refractivity contribution in [3.63, 3.8) is 0 Å². The molecule has 1 aliphatic heterocycles. The largest absolute Gasteiger partial charge is 0.461 e. The van der Waals surface area contributed by atoms with Gasteiger partial charge in [-0.25, -0.2) is 0 Å². The Balaban J connectivity index is 2.50. The zero-order valence-electron chi connectivity index (χ0n) is 8.00. The lowest BCUT2D eigenvalue weighted by molar-refractivity contribution is 0.0573. The van der Waals surface area contributed by atoms with Gasteiger partial charge in [0.15, 0.2) is 5.60 Å². The van der Waals surface area contributed by atoms with Crippen molar-refractivity contribution in [1.82, 2.24) is 9.78 Å². The third-order valence-electron chi connectivity index (χ3n) is 2.54. The number of carbonyl (C=O) groups excluding carboxylic acids is 1. The van der Waals surface area contributed by atoms with Crippen molar-refractivity contribution >= 4 is 5.91 Å². The van der Waals surface area contributed by atoms with Crippen molar-refractivity contribution in [2.45, 2.75) is 32.8 Å². The van der Waals surface area contributed by atoms with E-state index < -0.39 is 5.60 Å². The molecule has 2 rings (SSSR count). The predicted octanol–water partition coefficient (Wildman–Crippen LogP) is 1.39. The number of hydrogen-bond acceptors (Lipinski definition) is 3. The predicted molar refractivity (Wildman–Crippen MR) is 46.9 cm³/mol. The van der Waals surface area contributed by atoms with Crippen molar-refractivity contribution in [2.24, 2.45) is 0 Å². The summed E-state index contributed by atoms with van der Waals surface area (Å²) in [5.41, 5.74) is 0.194. The maximum Gasteiger partial charge on any atom is 0.293 e. The number of fused-ring (bicyclic) bond motifs is 1. The lowest BCUT2D eigenvalue weighted by Gasteiger charge is -2.18. The molecule has 70 valence electrons. The highest BCUT2D eigenvalue weighted by atomic mass is 16.5. The molecule has 0 aromatic carbocycles. The second-order valence-corrected chi connectivity index (χ2v) is 3.54. The number of carbonyl (C=O) groups is 1. The summed E-state index contributed by atoms with van der Waals surface area (Å²) in [6.07, 6.45) is 2.30. The maximum atomic E-state index is 11.7. The summed E-state index contributed by atoms with van der Waals surface area (Å²) in [4.78, 5) is 11.7. The molecular weight excluding hydrogens is 168 g/mol. The van der Waals surface area contributed by atoms with Gasteiger partial charge in [-0.1, -0.05) is 6.92 Å². The van der Waals surface area contributed by atoms with Crippen LogP contribution < -0.4 is 4.74 Å². The van der Waals surface area contributed by atoms with E-state index in [9.17, 15) is 4.79 Å². The third-order valence-corrected chi connectivity index (χ3v) is 2.54. The van der Waals surface area contributed by atoms with Crippen LogP contribution in [0.25, 0.3) is 0 Å². The fourth-order valence-corrected chi connectivity index (χ4v) is 1.39. The highest BCUT2D eigenvalue weighted by molar-refractivity contribution is 5.90. The molecule has 0 aliphatic carbocycles. The van der Waals surface area contributed by atoms with Crippen molar-refractivity contribution in [1.29, 1.82) is 0 Å². The average Bonchev–Trinajstić information content (AvgIpc) is 2.57. The van der Waals surface area contributed by atoms with Gasteiger partial charge in [0.25, 0.3) is 5.91 Å². The molecule has 4 heteroatoms. The fraction of sp³-hybridized carbons (Fsp3) is 0.556. The Morgan fingerprint density at radius 2 is 2.38 bits per heavy atom. The molecule has 0 saturated heterocycles. The first-order valence-corrected chi connectivity index (χ1v) is 4.37. The van der Waals surface area contributed by atoms with Crippen LogP contribution in [-0.2, 0) is 0 Å². The summed E-state index contributed by atoms with van der Waals surface area (Å²) in [6.45, 7) is 5.61. The molecule has 2 heterocycles. The zero-order valence-corrected chi connectivity index (χ0v) is 8.00. The van der Waals surface area contributed by atoms with Crippen LogP contribution in [0.3, 0.4) is 0 Å². The number of rotatable bonds is 1. The first-order chi connectivity index (χ1) is 6.08. The minimum atomic E-state index is -0.714. The van der Waals surface area contributed by atoms with Crippen LogP contribution in [0.2, 0.25) is 0 Å². The number of ether oxygens (including phenoxy) is 1. The van der Waals surface area contributed by atoms with Gasteiger partial charge < -0.3 is 4.74 Å². The van der Waals surface area contributed by atoms with Crippen LogP contribution >= 0.6 is 0 Å². The van der Waals surface area contributed by atoms with Crippen molar-refractivity contribution < 1.29 is 9.53 Å². The molecule has 0 spiro atoms. The SMILES string of the molecule is CCC1(C)Oc2c(C)cnn2C1=O. The van der Waals surface area contributed by atoms with E-state index in [2.05, 4.69) is 5.10 Å². The minimum absolute atomic E-state index is 0.0712. The smallest absolute Gasteiger partial charge is 0.293 e. The molecule has 1 aromatic rings. The van der Waals surface area contributed by atoms with E-state index in [-0.39, 0.29) is 5.91 Å². The van der Waals surface area contributed by atoms with Crippen LogP contribution in [0.15, 0.2) is 6.20 Å². The lowest BCUT2D eigenvalue weighted by atomic mass is 10.0. The summed E-state index contributed by atoms with van der Waals surface area (Å²) in [5.74, 6) is 0.521. The molecular formula is C9H12N2O2.